The number of carbonyl (C=O) groups is 2. The molecule has 1 aliphatic carbocycles. The molecular weight excluding hydrogens is 510 g/mol. The highest BCUT2D eigenvalue weighted by molar-refractivity contribution is 9.10. The minimum Gasteiger partial charge on any atom is -0.480 e. The number of carboxylic acids is 1. The van der Waals surface area contributed by atoms with E-state index in [2.05, 4.69) is 33.4 Å². The van der Waals surface area contributed by atoms with Crippen LogP contribution in [0.25, 0.3) is 22.1 Å². The minimum atomic E-state index is -1.18. The number of fused-ring (bicyclic) bond motifs is 4. The molecule has 5 rings (SSSR count). The van der Waals surface area contributed by atoms with Gasteiger partial charge < -0.3 is 19.6 Å². The molecule has 0 aliphatic heterocycles. The van der Waals surface area contributed by atoms with Crippen molar-refractivity contribution in [3.05, 3.63) is 93.7 Å². The molecular formula is C28H24BrNO5. The number of halogens is 1. The number of ether oxygens (including phenoxy) is 1. The van der Waals surface area contributed by atoms with E-state index in [4.69, 9.17) is 9.15 Å². The van der Waals surface area contributed by atoms with Gasteiger partial charge in [0.25, 0.3) is 0 Å². The normalized spacial score (nSPS) is 13.3. The summed E-state index contributed by atoms with van der Waals surface area (Å²) in [6.07, 6.45) is 0.0190. The van der Waals surface area contributed by atoms with E-state index in [1.807, 2.05) is 61.5 Å². The third-order valence-corrected chi connectivity index (χ3v) is 6.89. The monoisotopic (exact) mass is 533 g/mol. The maximum atomic E-state index is 12.6. The summed E-state index contributed by atoms with van der Waals surface area (Å²) in [6.45, 7) is 2.15. The summed E-state index contributed by atoms with van der Waals surface area (Å²) in [5.41, 5.74) is 6.20. The largest absolute Gasteiger partial charge is 0.480 e. The van der Waals surface area contributed by atoms with Crippen LogP contribution < -0.4 is 5.32 Å². The lowest BCUT2D eigenvalue weighted by atomic mass is 9.98. The van der Waals surface area contributed by atoms with E-state index < -0.39 is 18.1 Å². The highest BCUT2D eigenvalue weighted by Gasteiger charge is 2.30. The number of hydrogen-bond acceptors (Lipinski definition) is 4. The van der Waals surface area contributed by atoms with Crippen molar-refractivity contribution in [3.63, 3.8) is 0 Å². The summed E-state index contributed by atoms with van der Waals surface area (Å²) in [5.74, 6) is -0.771. The molecule has 0 saturated carbocycles. The maximum absolute atomic E-state index is 12.6. The number of rotatable bonds is 7. The van der Waals surface area contributed by atoms with Crippen LogP contribution in [-0.2, 0) is 22.4 Å². The lowest BCUT2D eigenvalue weighted by molar-refractivity contribution is -0.139. The van der Waals surface area contributed by atoms with Gasteiger partial charge in [0.1, 0.15) is 24.0 Å². The molecule has 1 heterocycles. The summed E-state index contributed by atoms with van der Waals surface area (Å²) in [4.78, 5) is 24.5. The predicted octanol–water partition coefficient (Wildman–Crippen LogP) is 6.29. The van der Waals surface area contributed by atoms with Gasteiger partial charge in [-0.25, -0.2) is 9.59 Å². The summed E-state index contributed by atoms with van der Waals surface area (Å²) >= 11 is 3.50. The van der Waals surface area contributed by atoms with Crippen LogP contribution in [0.3, 0.4) is 0 Å². The second-order valence-corrected chi connectivity index (χ2v) is 9.53. The van der Waals surface area contributed by atoms with E-state index in [1.54, 1.807) is 0 Å². The zero-order valence-electron chi connectivity index (χ0n) is 19.1. The van der Waals surface area contributed by atoms with Gasteiger partial charge in [0.05, 0.1) is 0 Å². The van der Waals surface area contributed by atoms with Gasteiger partial charge in [0, 0.05) is 22.2 Å². The Morgan fingerprint density at radius 1 is 1.06 bits per heavy atom. The molecule has 35 heavy (non-hydrogen) atoms. The lowest BCUT2D eigenvalue weighted by Gasteiger charge is -2.17. The Morgan fingerprint density at radius 3 is 2.34 bits per heavy atom. The molecule has 0 fully saturated rings. The quantitative estimate of drug-likeness (QED) is 0.291. The number of nitrogens with one attached hydrogen (secondary N) is 1. The molecule has 1 atom stereocenters. The van der Waals surface area contributed by atoms with Crippen molar-refractivity contribution in [1.29, 1.82) is 0 Å². The van der Waals surface area contributed by atoms with Gasteiger partial charge in [-0.3, -0.25) is 0 Å². The molecule has 6 nitrogen and oxygen atoms in total. The summed E-state index contributed by atoms with van der Waals surface area (Å²) in [6, 6.07) is 20.6. The van der Waals surface area contributed by atoms with Crippen LogP contribution in [0.15, 0.2) is 75.6 Å². The van der Waals surface area contributed by atoms with Crippen LogP contribution in [-0.4, -0.2) is 29.8 Å². The van der Waals surface area contributed by atoms with E-state index >= 15 is 0 Å². The second kappa shape index (κ2) is 9.58. The number of carbonyl (C=O) groups excluding carboxylic acids is 1. The second-order valence-electron chi connectivity index (χ2n) is 8.61. The lowest BCUT2D eigenvalue weighted by Crippen LogP contribution is -2.42. The number of carboxylic acid groups (broad SMARTS) is 1. The zero-order valence-corrected chi connectivity index (χ0v) is 20.7. The number of aliphatic carboxylic acids is 1. The van der Waals surface area contributed by atoms with E-state index in [-0.39, 0.29) is 18.9 Å². The van der Waals surface area contributed by atoms with Gasteiger partial charge in [-0.05, 0) is 52.4 Å². The Morgan fingerprint density at radius 2 is 1.71 bits per heavy atom. The minimum absolute atomic E-state index is 0.00891. The van der Waals surface area contributed by atoms with Crippen molar-refractivity contribution in [2.45, 2.75) is 31.7 Å². The average molecular weight is 534 g/mol. The van der Waals surface area contributed by atoms with Crippen molar-refractivity contribution in [3.8, 4) is 11.1 Å². The highest BCUT2D eigenvalue weighted by Crippen LogP contribution is 2.44. The fraction of sp³-hybridized carbons (Fsp3) is 0.214. The highest BCUT2D eigenvalue weighted by atomic mass is 79.9. The fourth-order valence-corrected chi connectivity index (χ4v) is 5.31. The molecule has 1 aromatic heterocycles. The van der Waals surface area contributed by atoms with Gasteiger partial charge in [-0.15, -0.1) is 0 Å². The van der Waals surface area contributed by atoms with E-state index in [0.717, 1.165) is 49.7 Å². The van der Waals surface area contributed by atoms with E-state index in [1.165, 1.54) is 0 Å². The smallest absolute Gasteiger partial charge is 0.407 e. The predicted molar refractivity (Wildman–Crippen MR) is 137 cm³/mol. The molecule has 0 radical (unpaired) electrons. The number of hydrogen-bond donors (Lipinski definition) is 2. The first-order valence-corrected chi connectivity index (χ1v) is 12.3. The first kappa shape index (κ1) is 23.2. The molecule has 0 bridgehead atoms. The van der Waals surface area contributed by atoms with Gasteiger partial charge in [-0.1, -0.05) is 71.4 Å². The molecule has 0 spiro atoms. The number of alkyl carbamates (subject to hydrolysis) is 1. The molecule has 1 aliphatic rings. The van der Waals surface area contributed by atoms with Gasteiger partial charge in [-0.2, -0.15) is 0 Å². The molecule has 0 saturated heterocycles. The SMILES string of the molecule is CCc1cc(Br)cc2cc(CC(NC(=O)OCC3c4ccccc4-c4ccccc43)C(=O)O)oc12. The van der Waals surface area contributed by atoms with Crippen LogP contribution in [0, 0.1) is 0 Å². The topological polar surface area (TPSA) is 88.8 Å². The van der Waals surface area contributed by atoms with Gasteiger partial charge in [0.15, 0.2) is 0 Å². The van der Waals surface area contributed by atoms with Crippen molar-refractivity contribution >= 4 is 39.0 Å². The Balaban J connectivity index is 1.28. The summed E-state index contributed by atoms with van der Waals surface area (Å²) in [5, 5.41) is 13.1. The number of benzene rings is 3. The Labute approximate surface area is 211 Å². The van der Waals surface area contributed by atoms with E-state index in [0.29, 0.717) is 5.76 Å². The summed E-state index contributed by atoms with van der Waals surface area (Å²) in [7, 11) is 0. The number of furan rings is 1. The van der Waals surface area contributed by atoms with Crippen molar-refractivity contribution in [2.24, 2.45) is 0 Å². The molecule has 4 aromatic rings. The number of amides is 1. The third-order valence-electron chi connectivity index (χ3n) is 6.43. The van der Waals surface area contributed by atoms with Crippen LogP contribution in [0.5, 0.6) is 0 Å². The molecule has 1 amide bonds. The van der Waals surface area contributed by atoms with Crippen LogP contribution in [0.2, 0.25) is 0 Å². The van der Waals surface area contributed by atoms with Crippen molar-refractivity contribution in [2.75, 3.05) is 6.61 Å². The summed E-state index contributed by atoms with van der Waals surface area (Å²) < 4.78 is 12.4. The first-order valence-electron chi connectivity index (χ1n) is 11.5. The van der Waals surface area contributed by atoms with Crippen LogP contribution >= 0.6 is 15.9 Å². The van der Waals surface area contributed by atoms with Gasteiger partial charge >= 0.3 is 12.1 Å². The Kier molecular flexibility index (Phi) is 6.34. The van der Waals surface area contributed by atoms with Crippen LogP contribution in [0.1, 0.15) is 35.3 Å². The maximum Gasteiger partial charge on any atom is 0.407 e. The van der Waals surface area contributed by atoms with Crippen LogP contribution in [0.4, 0.5) is 4.79 Å². The standard InChI is InChI=1S/C28H24BrNO5/c1-2-16-11-18(29)12-17-13-19(35-26(16)17)14-25(27(31)32)30-28(33)34-15-24-22-9-5-3-7-20(22)21-8-4-6-10-23(21)24/h3-13,24-25H,2,14-15H2,1H3,(H,30,33)(H,31,32). The van der Waals surface area contributed by atoms with Gasteiger partial charge in [0.2, 0.25) is 0 Å². The first-order chi connectivity index (χ1) is 16.9. The van der Waals surface area contributed by atoms with E-state index in [9.17, 15) is 14.7 Å². The molecule has 1 unspecified atom stereocenters. The average Bonchev–Trinajstić information content (AvgIpc) is 3.40. The molecule has 178 valence electrons. The molecule has 3 aromatic carbocycles. The third kappa shape index (κ3) is 4.56. The number of aryl methyl sites for hydroxylation is 1. The fourth-order valence-electron chi connectivity index (χ4n) is 4.79. The Bertz CT molecular complexity index is 1380. The molecule has 7 heteroatoms. The molecule has 2 N–H and O–H groups in total. The van der Waals surface area contributed by atoms with Crippen molar-refractivity contribution < 1.29 is 23.8 Å². The Hall–Kier alpha value is -3.58. The van der Waals surface area contributed by atoms with Crippen molar-refractivity contribution in [1.82, 2.24) is 5.32 Å². The zero-order chi connectivity index (χ0) is 24.5.